The number of nitrogens with zero attached hydrogens (tertiary/aromatic N) is 2. The molecule has 11 rings (SSSR count). The maximum atomic E-state index is 5.26. The molecule has 0 spiro atoms. The highest BCUT2D eigenvalue weighted by Crippen LogP contribution is 2.43. The van der Waals surface area contributed by atoms with E-state index in [2.05, 4.69) is 213 Å². The molecular weight excluding hydrogens is 689 g/mol. The number of aromatic nitrogens is 2. The van der Waals surface area contributed by atoms with E-state index in [0.717, 1.165) is 33.7 Å². The minimum absolute atomic E-state index is 0.943. The van der Waals surface area contributed by atoms with Crippen LogP contribution in [0.3, 0.4) is 0 Å². The molecule has 0 aliphatic carbocycles. The highest BCUT2D eigenvalue weighted by atomic mass is 15.0. The van der Waals surface area contributed by atoms with Crippen LogP contribution >= 0.6 is 0 Å². The van der Waals surface area contributed by atoms with Crippen molar-refractivity contribution in [2.45, 2.75) is 13.8 Å². The van der Waals surface area contributed by atoms with Gasteiger partial charge in [0.25, 0.3) is 0 Å². The monoisotopic (exact) mass is 726 g/mol. The fraction of sp³-hybridized carbons (Fsp3) is 0.0364. The minimum Gasteiger partial charge on any atom is -0.309 e. The number of fused-ring (bicyclic) bond motifs is 9. The van der Waals surface area contributed by atoms with Gasteiger partial charge in [-0.15, -0.1) is 0 Å². The Labute approximate surface area is 331 Å². The highest BCUT2D eigenvalue weighted by molar-refractivity contribution is 6.29. The van der Waals surface area contributed by atoms with Gasteiger partial charge in [0, 0.05) is 21.9 Å². The molecule has 0 amide bonds. The van der Waals surface area contributed by atoms with Gasteiger partial charge in [0.1, 0.15) is 0 Å². The number of hydrogen-bond acceptors (Lipinski definition) is 1. The van der Waals surface area contributed by atoms with Gasteiger partial charge in [0.2, 0.25) is 0 Å². The molecule has 2 nitrogen and oxygen atoms in total. The number of rotatable bonds is 5. The summed E-state index contributed by atoms with van der Waals surface area (Å²) in [5, 5.41) is 10.0. The quantitative estimate of drug-likeness (QED) is 0.162. The third-order valence-electron chi connectivity index (χ3n) is 11.7. The summed E-state index contributed by atoms with van der Waals surface area (Å²) in [6.07, 6.45) is 0. The van der Waals surface area contributed by atoms with Crippen LogP contribution < -0.4 is 0 Å². The zero-order valence-electron chi connectivity index (χ0n) is 31.9. The van der Waals surface area contributed by atoms with E-state index in [1.165, 1.54) is 82.0 Å². The zero-order valence-corrected chi connectivity index (χ0v) is 31.9. The maximum Gasteiger partial charge on any atom is 0.0730 e. The molecule has 0 saturated heterocycles. The smallest absolute Gasteiger partial charge is 0.0730 e. The third-order valence-corrected chi connectivity index (χ3v) is 11.7. The van der Waals surface area contributed by atoms with Crippen molar-refractivity contribution in [1.82, 2.24) is 9.55 Å². The van der Waals surface area contributed by atoms with Gasteiger partial charge in [-0.05, 0) is 111 Å². The van der Waals surface area contributed by atoms with Crippen LogP contribution in [0.1, 0.15) is 11.1 Å². The first-order valence-corrected chi connectivity index (χ1v) is 19.7. The van der Waals surface area contributed by atoms with Gasteiger partial charge in [-0.3, -0.25) is 0 Å². The molecule has 2 heteroatoms. The summed E-state index contributed by atoms with van der Waals surface area (Å²) < 4.78 is 2.47. The van der Waals surface area contributed by atoms with Crippen molar-refractivity contribution in [2.75, 3.05) is 0 Å². The number of hydrogen-bond donors (Lipinski definition) is 0. The highest BCUT2D eigenvalue weighted by Gasteiger charge is 2.19. The fourth-order valence-electron chi connectivity index (χ4n) is 8.75. The number of pyridine rings is 1. The lowest BCUT2D eigenvalue weighted by molar-refractivity contribution is 1.16. The third kappa shape index (κ3) is 5.60. The summed E-state index contributed by atoms with van der Waals surface area (Å²) in [6, 6.07) is 71.1. The number of benzene rings is 9. The SMILES string of the molecule is Cc1ccc(-c2ccc3c4ccccc4c4cc5c6cc(-c7ccc(C)cc7)ccc6n(-c6cc(-c7ccccc7)nc(-c7ccccc7)c6)c5cc4c3c2)cc1. The Morgan fingerprint density at radius 2 is 0.737 bits per heavy atom. The molecule has 0 saturated carbocycles. The van der Waals surface area contributed by atoms with Crippen molar-refractivity contribution in [3.63, 3.8) is 0 Å². The van der Waals surface area contributed by atoms with Crippen molar-refractivity contribution < 1.29 is 0 Å². The lowest BCUT2D eigenvalue weighted by Gasteiger charge is -2.15. The molecule has 0 atom stereocenters. The molecule has 57 heavy (non-hydrogen) atoms. The normalized spacial score (nSPS) is 11.7. The van der Waals surface area contributed by atoms with Crippen molar-refractivity contribution in [3.05, 3.63) is 205 Å². The van der Waals surface area contributed by atoms with E-state index in [1.807, 2.05) is 0 Å². The molecule has 0 N–H and O–H groups in total. The van der Waals surface area contributed by atoms with Crippen LogP contribution in [-0.2, 0) is 0 Å². The molecule has 2 heterocycles. The number of aryl methyl sites for hydroxylation is 2. The zero-order chi connectivity index (χ0) is 38.0. The first-order chi connectivity index (χ1) is 28.1. The summed E-state index contributed by atoms with van der Waals surface area (Å²) in [5.74, 6) is 0. The second-order valence-corrected chi connectivity index (χ2v) is 15.3. The average Bonchev–Trinajstić information content (AvgIpc) is 3.59. The molecule has 0 aliphatic rings. The Morgan fingerprint density at radius 1 is 0.298 bits per heavy atom. The van der Waals surface area contributed by atoms with Crippen molar-refractivity contribution in [2.24, 2.45) is 0 Å². The Hall–Kier alpha value is -7.29. The van der Waals surface area contributed by atoms with E-state index >= 15 is 0 Å². The molecule has 2 aromatic heterocycles. The van der Waals surface area contributed by atoms with Gasteiger partial charge >= 0.3 is 0 Å². The molecule has 268 valence electrons. The Balaban J connectivity index is 1.27. The minimum atomic E-state index is 0.943. The van der Waals surface area contributed by atoms with Crippen molar-refractivity contribution >= 4 is 54.1 Å². The van der Waals surface area contributed by atoms with E-state index in [4.69, 9.17) is 4.98 Å². The first kappa shape index (κ1) is 33.1. The van der Waals surface area contributed by atoms with Gasteiger partial charge < -0.3 is 4.57 Å². The first-order valence-electron chi connectivity index (χ1n) is 19.7. The predicted molar refractivity (Wildman–Crippen MR) is 242 cm³/mol. The van der Waals surface area contributed by atoms with Crippen LogP contribution in [0.5, 0.6) is 0 Å². The van der Waals surface area contributed by atoms with Crippen molar-refractivity contribution in [1.29, 1.82) is 0 Å². The van der Waals surface area contributed by atoms with E-state index < -0.39 is 0 Å². The van der Waals surface area contributed by atoms with E-state index in [1.54, 1.807) is 0 Å². The average molecular weight is 727 g/mol. The molecule has 0 bridgehead atoms. The van der Waals surface area contributed by atoms with Crippen LogP contribution in [0.15, 0.2) is 194 Å². The largest absolute Gasteiger partial charge is 0.309 e. The summed E-state index contributed by atoms with van der Waals surface area (Å²) in [5.41, 5.74) is 14.9. The summed E-state index contributed by atoms with van der Waals surface area (Å²) in [7, 11) is 0. The molecule has 0 fully saturated rings. The molecule has 9 aromatic carbocycles. The van der Waals surface area contributed by atoms with Gasteiger partial charge in [0.15, 0.2) is 0 Å². The molecule has 0 aliphatic heterocycles. The van der Waals surface area contributed by atoms with Crippen LogP contribution in [-0.4, -0.2) is 9.55 Å². The Bertz CT molecular complexity index is 3260. The Kier molecular flexibility index (Phi) is 7.65. The second kappa shape index (κ2) is 13.2. The predicted octanol–water partition coefficient (Wildman–Crippen LogP) is 14.9. The fourth-order valence-corrected chi connectivity index (χ4v) is 8.75. The molecule has 0 unspecified atom stereocenters. The lowest BCUT2D eigenvalue weighted by atomic mass is 9.91. The second-order valence-electron chi connectivity index (χ2n) is 15.3. The van der Waals surface area contributed by atoms with E-state index in [9.17, 15) is 0 Å². The van der Waals surface area contributed by atoms with Crippen LogP contribution in [0.2, 0.25) is 0 Å². The summed E-state index contributed by atoms with van der Waals surface area (Å²) in [4.78, 5) is 5.26. The molecule has 11 aromatic rings. The summed E-state index contributed by atoms with van der Waals surface area (Å²) >= 11 is 0. The van der Waals surface area contributed by atoms with Crippen LogP contribution in [0.25, 0.3) is 105 Å². The van der Waals surface area contributed by atoms with Crippen molar-refractivity contribution in [3.8, 4) is 50.5 Å². The van der Waals surface area contributed by atoms with Crippen LogP contribution in [0.4, 0.5) is 0 Å². The van der Waals surface area contributed by atoms with Crippen LogP contribution in [0, 0.1) is 13.8 Å². The standard InChI is InChI=1S/C55H38N2/c1-35-17-21-37(22-18-35)41-25-27-46-44-15-9-10-16-45(44)48-33-51-50-30-42(38-23-19-36(2)20-24-38)26-28-54(50)57(55(51)34-49(48)47(46)29-41)43-31-52(39-11-5-3-6-12-39)56-53(32-43)40-13-7-4-8-14-40/h3-34H,1-2H3. The molecule has 0 radical (unpaired) electrons. The topological polar surface area (TPSA) is 17.8 Å². The lowest BCUT2D eigenvalue weighted by Crippen LogP contribution is -1.98. The van der Waals surface area contributed by atoms with Gasteiger partial charge in [-0.2, -0.15) is 0 Å². The van der Waals surface area contributed by atoms with E-state index in [0.29, 0.717) is 0 Å². The van der Waals surface area contributed by atoms with E-state index in [-0.39, 0.29) is 0 Å². The Morgan fingerprint density at radius 3 is 1.33 bits per heavy atom. The summed E-state index contributed by atoms with van der Waals surface area (Å²) in [6.45, 7) is 4.29. The van der Waals surface area contributed by atoms with Gasteiger partial charge in [-0.1, -0.05) is 163 Å². The van der Waals surface area contributed by atoms with Gasteiger partial charge in [-0.25, -0.2) is 4.98 Å². The molecular formula is C55H38N2. The maximum absolute atomic E-state index is 5.26. The van der Waals surface area contributed by atoms with Gasteiger partial charge in [0.05, 0.1) is 28.1 Å².